The van der Waals surface area contributed by atoms with Gasteiger partial charge in [0, 0.05) is 23.9 Å². The molecular formula is C26H30N2O5. The van der Waals surface area contributed by atoms with E-state index < -0.39 is 12.1 Å². The molecule has 7 nitrogen and oxygen atoms in total. The van der Waals surface area contributed by atoms with Gasteiger partial charge in [0.05, 0.1) is 0 Å². The number of hydrogen-bond acceptors (Lipinski definition) is 4. The van der Waals surface area contributed by atoms with Crippen LogP contribution in [0.1, 0.15) is 50.2 Å². The second-order valence-electron chi connectivity index (χ2n) is 8.95. The van der Waals surface area contributed by atoms with Gasteiger partial charge in [0.1, 0.15) is 13.2 Å². The molecule has 2 N–H and O–H groups in total. The molecule has 2 aromatic carbocycles. The predicted molar refractivity (Wildman–Crippen MR) is 124 cm³/mol. The van der Waals surface area contributed by atoms with Crippen molar-refractivity contribution in [1.82, 2.24) is 10.2 Å². The fraction of sp³-hybridized carbons (Fsp3) is 0.423. The van der Waals surface area contributed by atoms with Crippen molar-refractivity contribution in [3.05, 3.63) is 59.7 Å². The molecule has 0 bridgehead atoms. The van der Waals surface area contributed by atoms with Crippen molar-refractivity contribution in [3.8, 4) is 11.1 Å². The van der Waals surface area contributed by atoms with Gasteiger partial charge >= 0.3 is 12.1 Å². The monoisotopic (exact) mass is 450 g/mol. The summed E-state index contributed by atoms with van der Waals surface area (Å²) in [5, 5.41) is 12.0. The Kier molecular flexibility index (Phi) is 6.67. The summed E-state index contributed by atoms with van der Waals surface area (Å²) in [5.41, 5.74) is 4.66. The van der Waals surface area contributed by atoms with E-state index in [1.54, 1.807) is 0 Å². The number of fused-ring (bicyclic) bond motifs is 3. The van der Waals surface area contributed by atoms with E-state index in [-0.39, 0.29) is 43.0 Å². The van der Waals surface area contributed by atoms with Crippen LogP contribution < -0.4 is 5.32 Å². The van der Waals surface area contributed by atoms with Gasteiger partial charge in [-0.15, -0.1) is 0 Å². The SMILES string of the molecule is CCC(C)N(CC(=O)O)C(=O)C1CC(NC(=O)OCC2c3ccccc3-c3ccccc32)C1. The third-order valence-electron chi connectivity index (χ3n) is 6.86. The highest BCUT2D eigenvalue weighted by atomic mass is 16.5. The first kappa shape index (κ1) is 22.8. The van der Waals surface area contributed by atoms with Crippen molar-refractivity contribution in [2.75, 3.05) is 13.2 Å². The molecule has 0 saturated heterocycles. The van der Waals surface area contributed by atoms with E-state index in [1.165, 1.54) is 16.0 Å². The molecule has 2 aliphatic carbocycles. The summed E-state index contributed by atoms with van der Waals surface area (Å²) in [6.45, 7) is 3.73. The van der Waals surface area contributed by atoms with Gasteiger partial charge in [-0.05, 0) is 48.4 Å². The molecule has 2 aliphatic rings. The molecule has 1 atom stereocenters. The van der Waals surface area contributed by atoms with Crippen LogP contribution in [-0.2, 0) is 14.3 Å². The Bertz CT molecular complexity index is 1000. The molecule has 0 aromatic heterocycles. The molecular weight excluding hydrogens is 420 g/mol. The van der Waals surface area contributed by atoms with E-state index >= 15 is 0 Å². The first-order chi connectivity index (χ1) is 15.9. The van der Waals surface area contributed by atoms with Crippen molar-refractivity contribution < 1.29 is 24.2 Å². The Hall–Kier alpha value is -3.35. The first-order valence-corrected chi connectivity index (χ1v) is 11.5. The summed E-state index contributed by atoms with van der Waals surface area (Å²) in [6.07, 6.45) is 1.19. The zero-order valence-corrected chi connectivity index (χ0v) is 19.0. The number of nitrogens with zero attached hydrogens (tertiary/aromatic N) is 1. The summed E-state index contributed by atoms with van der Waals surface area (Å²) in [6, 6.07) is 16.1. The van der Waals surface area contributed by atoms with Crippen molar-refractivity contribution in [2.45, 2.75) is 51.1 Å². The van der Waals surface area contributed by atoms with Crippen LogP contribution in [0.3, 0.4) is 0 Å². The van der Waals surface area contributed by atoms with Crippen LogP contribution in [-0.4, -0.2) is 53.2 Å². The van der Waals surface area contributed by atoms with Crippen LogP contribution >= 0.6 is 0 Å². The third kappa shape index (κ3) is 4.72. The molecule has 2 aromatic rings. The lowest BCUT2D eigenvalue weighted by molar-refractivity contribution is -0.150. The average Bonchev–Trinajstić information content (AvgIpc) is 3.11. The molecule has 33 heavy (non-hydrogen) atoms. The van der Waals surface area contributed by atoms with Gasteiger partial charge in [-0.3, -0.25) is 9.59 Å². The van der Waals surface area contributed by atoms with Gasteiger partial charge in [0.25, 0.3) is 0 Å². The molecule has 0 heterocycles. The number of carbonyl (C=O) groups is 3. The Morgan fingerprint density at radius 2 is 1.64 bits per heavy atom. The largest absolute Gasteiger partial charge is 0.480 e. The Labute approximate surface area is 193 Å². The number of carboxylic acids is 1. The van der Waals surface area contributed by atoms with Crippen LogP contribution in [0.15, 0.2) is 48.5 Å². The first-order valence-electron chi connectivity index (χ1n) is 11.5. The molecule has 7 heteroatoms. The van der Waals surface area contributed by atoms with Crippen LogP contribution in [0.2, 0.25) is 0 Å². The number of ether oxygens (including phenoxy) is 1. The number of benzene rings is 2. The molecule has 1 fully saturated rings. The minimum Gasteiger partial charge on any atom is -0.480 e. The van der Waals surface area contributed by atoms with Crippen molar-refractivity contribution in [1.29, 1.82) is 0 Å². The van der Waals surface area contributed by atoms with Gasteiger partial charge in [0.2, 0.25) is 5.91 Å². The van der Waals surface area contributed by atoms with E-state index in [0.29, 0.717) is 19.3 Å². The normalized spacial score (nSPS) is 19.6. The summed E-state index contributed by atoms with van der Waals surface area (Å²) >= 11 is 0. The minimum absolute atomic E-state index is 0.000949. The second-order valence-corrected chi connectivity index (χ2v) is 8.95. The number of alkyl carbamates (subject to hydrolysis) is 1. The van der Waals surface area contributed by atoms with E-state index in [9.17, 15) is 14.4 Å². The zero-order chi connectivity index (χ0) is 23.5. The number of aliphatic carboxylic acids is 1. The van der Waals surface area contributed by atoms with Gasteiger partial charge in [-0.25, -0.2) is 4.79 Å². The molecule has 174 valence electrons. The molecule has 2 amide bonds. The summed E-state index contributed by atoms with van der Waals surface area (Å²) in [4.78, 5) is 37.7. The number of carbonyl (C=O) groups excluding carboxylic acids is 2. The average molecular weight is 451 g/mol. The van der Waals surface area contributed by atoms with Gasteiger partial charge in [-0.1, -0.05) is 55.5 Å². The summed E-state index contributed by atoms with van der Waals surface area (Å²) < 4.78 is 5.57. The van der Waals surface area contributed by atoms with Crippen molar-refractivity contribution in [2.24, 2.45) is 5.92 Å². The minimum atomic E-state index is -1.02. The van der Waals surface area contributed by atoms with Gasteiger partial charge in [0.15, 0.2) is 0 Å². The number of nitrogens with one attached hydrogen (secondary N) is 1. The quantitative estimate of drug-likeness (QED) is 0.633. The van der Waals surface area contributed by atoms with Crippen molar-refractivity contribution >= 4 is 18.0 Å². The van der Waals surface area contributed by atoms with Crippen LogP contribution in [0, 0.1) is 5.92 Å². The fourth-order valence-corrected chi connectivity index (χ4v) is 4.80. The molecule has 0 radical (unpaired) electrons. The third-order valence-corrected chi connectivity index (χ3v) is 6.86. The van der Waals surface area contributed by atoms with Gasteiger partial charge < -0.3 is 20.1 Å². The standard InChI is InChI=1S/C26H30N2O5/c1-3-16(2)28(14-24(29)30)25(31)17-12-18(13-17)27-26(32)33-15-23-21-10-6-4-8-19(21)20-9-5-7-11-22(20)23/h4-11,16-18,23H,3,12-15H2,1-2H3,(H,27,32)(H,29,30). The van der Waals surface area contributed by atoms with E-state index in [0.717, 1.165) is 11.1 Å². The number of carboxylic acid groups (broad SMARTS) is 1. The molecule has 4 rings (SSSR count). The zero-order valence-electron chi connectivity index (χ0n) is 19.0. The van der Waals surface area contributed by atoms with Gasteiger partial charge in [-0.2, -0.15) is 0 Å². The maximum Gasteiger partial charge on any atom is 0.407 e. The van der Waals surface area contributed by atoms with E-state index in [1.807, 2.05) is 38.1 Å². The molecule has 1 unspecified atom stereocenters. The smallest absolute Gasteiger partial charge is 0.407 e. The van der Waals surface area contributed by atoms with Crippen LogP contribution in [0.5, 0.6) is 0 Å². The highest BCUT2D eigenvalue weighted by Gasteiger charge is 2.39. The lowest BCUT2D eigenvalue weighted by Gasteiger charge is -2.39. The van der Waals surface area contributed by atoms with E-state index in [4.69, 9.17) is 9.84 Å². The lowest BCUT2D eigenvalue weighted by atomic mass is 9.79. The summed E-state index contributed by atoms with van der Waals surface area (Å²) in [7, 11) is 0. The highest BCUT2D eigenvalue weighted by molar-refractivity contribution is 5.84. The number of rotatable bonds is 8. The Morgan fingerprint density at radius 3 is 2.18 bits per heavy atom. The Balaban J connectivity index is 1.29. The number of hydrogen-bond donors (Lipinski definition) is 2. The lowest BCUT2D eigenvalue weighted by Crippen LogP contribution is -2.53. The molecule has 1 saturated carbocycles. The summed E-state index contributed by atoms with van der Waals surface area (Å²) in [5.74, 6) is -1.44. The fourth-order valence-electron chi connectivity index (χ4n) is 4.80. The highest BCUT2D eigenvalue weighted by Crippen LogP contribution is 2.44. The predicted octanol–water partition coefficient (Wildman–Crippen LogP) is 4.02. The van der Waals surface area contributed by atoms with E-state index in [2.05, 4.69) is 29.6 Å². The van der Waals surface area contributed by atoms with Crippen molar-refractivity contribution in [3.63, 3.8) is 0 Å². The molecule has 0 spiro atoms. The maximum absolute atomic E-state index is 12.7. The Morgan fingerprint density at radius 1 is 1.06 bits per heavy atom. The second kappa shape index (κ2) is 9.65. The number of amides is 2. The topological polar surface area (TPSA) is 95.9 Å². The van der Waals surface area contributed by atoms with Crippen LogP contribution in [0.25, 0.3) is 11.1 Å². The maximum atomic E-state index is 12.7. The molecule has 0 aliphatic heterocycles. The van der Waals surface area contributed by atoms with Crippen LogP contribution in [0.4, 0.5) is 4.79 Å².